The second-order valence-electron chi connectivity index (χ2n) is 6.65. The molecule has 0 bridgehead atoms. The van der Waals surface area contributed by atoms with E-state index in [1.165, 1.54) is 18.2 Å². The molecule has 0 spiro atoms. The molecule has 0 saturated heterocycles. The maximum absolute atomic E-state index is 12.4. The molecule has 33 heavy (non-hydrogen) atoms. The minimum Gasteiger partial charge on any atom is -0.481 e. The number of nitrogens with one attached hydrogen (secondary N) is 2. The van der Waals surface area contributed by atoms with Gasteiger partial charge in [-0.05, 0) is 24.6 Å². The number of nitrogen functional groups attached to an aromatic ring is 2. The number of H-pyrrole nitrogens is 1. The van der Waals surface area contributed by atoms with Crippen molar-refractivity contribution in [1.29, 1.82) is 0 Å². The first-order chi connectivity index (χ1) is 15.6. The number of aromatic amines is 1. The van der Waals surface area contributed by atoms with Gasteiger partial charge >= 0.3 is 11.9 Å². The molecule has 0 aliphatic carbocycles. The zero-order valence-electron chi connectivity index (χ0n) is 17.1. The lowest BCUT2D eigenvalue weighted by Gasteiger charge is -2.24. The average molecular weight is 459 g/mol. The minimum absolute atomic E-state index is 0.0902. The standard InChI is InChI=1S/C19H21N7O7/c1-2-10-11(23-14(28)7-9-16(20)24-19(21)25-17(9)31)3-5-13(22-10)26(8-27)12(18(32)33)4-6-15(29)30/h2-3,5,8,12H,1,4,6-7H2,(H,23,28)(H,29,30)(H,32,33)(H5,20,21,24,25,31)/t12-/m0/s1. The van der Waals surface area contributed by atoms with Gasteiger partial charge in [0.1, 0.15) is 17.7 Å². The number of amides is 2. The lowest BCUT2D eigenvalue weighted by atomic mass is 10.1. The van der Waals surface area contributed by atoms with Crippen LogP contribution in [0.2, 0.25) is 0 Å². The van der Waals surface area contributed by atoms with Gasteiger partial charge in [-0.3, -0.25) is 29.1 Å². The van der Waals surface area contributed by atoms with Crippen molar-refractivity contribution in [3.63, 3.8) is 0 Å². The Hall–Kier alpha value is -4.75. The second-order valence-corrected chi connectivity index (χ2v) is 6.65. The molecule has 0 radical (unpaired) electrons. The number of carbonyl (C=O) groups is 4. The summed E-state index contributed by atoms with van der Waals surface area (Å²) in [6.45, 7) is 3.57. The summed E-state index contributed by atoms with van der Waals surface area (Å²) in [6.07, 6.45) is 0.215. The summed E-state index contributed by atoms with van der Waals surface area (Å²) in [5.74, 6) is -3.78. The number of hydrogen-bond donors (Lipinski definition) is 6. The van der Waals surface area contributed by atoms with Crippen molar-refractivity contribution < 1.29 is 29.4 Å². The molecule has 0 unspecified atom stereocenters. The minimum atomic E-state index is -1.48. The third-order valence-corrected chi connectivity index (χ3v) is 4.41. The molecule has 0 fully saturated rings. The molecule has 14 heteroatoms. The second kappa shape index (κ2) is 10.5. The fraction of sp³-hybridized carbons (Fsp3) is 0.211. The molecular formula is C19H21N7O7. The number of hydrogen-bond acceptors (Lipinski definition) is 9. The molecule has 2 aromatic rings. The van der Waals surface area contributed by atoms with E-state index in [0.717, 1.165) is 4.90 Å². The number of aliphatic carboxylic acids is 2. The fourth-order valence-electron chi connectivity index (χ4n) is 2.86. The summed E-state index contributed by atoms with van der Waals surface area (Å²) in [7, 11) is 0. The largest absolute Gasteiger partial charge is 0.481 e. The predicted molar refractivity (Wildman–Crippen MR) is 117 cm³/mol. The van der Waals surface area contributed by atoms with E-state index in [1.807, 2.05) is 0 Å². The van der Waals surface area contributed by atoms with E-state index < -0.39 is 42.3 Å². The van der Waals surface area contributed by atoms with Crippen LogP contribution in [0.5, 0.6) is 0 Å². The highest BCUT2D eigenvalue weighted by molar-refractivity contribution is 5.95. The molecule has 2 heterocycles. The number of carboxylic acids is 2. The van der Waals surface area contributed by atoms with Crippen molar-refractivity contribution in [2.75, 3.05) is 21.7 Å². The maximum atomic E-state index is 12.4. The predicted octanol–water partition coefficient (Wildman–Crippen LogP) is -0.566. The van der Waals surface area contributed by atoms with Crippen LogP contribution in [0.15, 0.2) is 23.5 Å². The maximum Gasteiger partial charge on any atom is 0.326 e. The topological polar surface area (TPSA) is 235 Å². The Morgan fingerprint density at radius 2 is 1.94 bits per heavy atom. The summed E-state index contributed by atoms with van der Waals surface area (Å²) in [6, 6.07) is 1.13. The van der Waals surface area contributed by atoms with Crippen molar-refractivity contribution in [3.05, 3.63) is 40.3 Å². The van der Waals surface area contributed by atoms with Crippen LogP contribution in [0.1, 0.15) is 24.1 Å². The molecule has 0 saturated carbocycles. The van der Waals surface area contributed by atoms with Gasteiger partial charge in [-0.2, -0.15) is 4.98 Å². The van der Waals surface area contributed by atoms with Gasteiger partial charge in [0.25, 0.3) is 5.56 Å². The normalized spacial score (nSPS) is 11.3. The van der Waals surface area contributed by atoms with Gasteiger partial charge in [0.15, 0.2) is 0 Å². The highest BCUT2D eigenvalue weighted by Gasteiger charge is 2.28. The first-order valence-corrected chi connectivity index (χ1v) is 9.33. The molecule has 0 aliphatic rings. The summed E-state index contributed by atoms with van der Waals surface area (Å²) >= 11 is 0. The highest BCUT2D eigenvalue weighted by Crippen LogP contribution is 2.23. The number of nitrogens with two attached hydrogens (primary N) is 2. The number of rotatable bonds is 11. The molecule has 0 aliphatic heterocycles. The van der Waals surface area contributed by atoms with E-state index in [-0.39, 0.29) is 47.4 Å². The van der Waals surface area contributed by atoms with Crippen LogP contribution in [0.4, 0.5) is 23.3 Å². The van der Waals surface area contributed by atoms with Crippen LogP contribution in [-0.2, 0) is 25.6 Å². The number of nitrogens with zero attached hydrogens (tertiary/aromatic N) is 3. The fourth-order valence-corrected chi connectivity index (χ4v) is 2.86. The smallest absolute Gasteiger partial charge is 0.326 e. The number of anilines is 4. The van der Waals surface area contributed by atoms with Crippen LogP contribution in [0.3, 0.4) is 0 Å². The monoisotopic (exact) mass is 459 g/mol. The van der Waals surface area contributed by atoms with Gasteiger partial charge in [-0.15, -0.1) is 0 Å². The Bertz CT molecular complexity index is 1160. The van der Waals surface area contributed by atoms with Crippen molar-refractivity contribution in [2.24, 2.45) is 0 Å². The Morgan fingerprint density at radius 1 is 1.24 bits per heavy atom. The van der Waals surface area contributed by atoms with E-state index in [2.05, 4.69) is 26.8 Å². The lowest BCUT2D eigenvalue weighted by Crippen LogP contribution is -2.41. The SMILES string of the molecule is C=Cc1nc(N(C=O)[C@@H](CCC(=O)O)C(=O)O)ccc1NC(=O)Cc1c(N)nc(N)[nH]c1=O. The molecule has 2 amide bonds. The number of carboxylic acid groups (broad SMARTS) is 2. The van der Waals surface area contributed by atoms with Crippen LogP contribution in [0.25, 0.3) is 6.08 Å². The molecule has 2 rings (SSSR count). The quantitative estimate of drug-likeness (QED) is 0.233. The van der Waals surface area contributed by atoms with E-state index >= 15 is 0 Å². The first kappa shape index (κ1) is 24.5. The van der Waals surface area contributed by atoms with Crippen LogP contribution in [-0.4, -0.2) is 55.5 Å². The molecule has 14 nitrogen and oxygen atoms in total. The van der Waals surface area contributed by atoms with Gasteiger partial charge in [-0.1, -0.05) is 6.58 Å². The molecule has 1 atom stereocenters. The van der Waals surface area contributed by atoms with Crippen molar-refractivity contribution >= 4 is 53.6 Å². The van der Waals surface area contributed by atoms with Gasteiger partial charge in [0, 0.05) is 6.42 Å². The highest BCUT2D eigenvalue weighted by atomic mass is 16.4. The van der Waals surface area contributed by atoms with E-state index in [9.17, 15) is 29.1 Å². The Labute approximate surface area is 185 Å². The molecule has 2 aromatic heterocycles. The zero-order valence-corrected chi connectivity index (χ0v) is 17.1. The van der Waals surface area contributed by atoms with E-state index in [1.54, 1.807) is 0 Å². The van der Waals surface area contributed by atoms with Crippen molar-refractivity contribution in [1.82, 2.24) is 15.0 Å². The summed E-state index contributed by atoms with van der Waals surface area (Å²) in [4.78, 5) is 69.1. The number of carbonyl (C=O) groups excluding carboxylic acids is 2. The number of pyridine rings is 1. The lowest BCUT2D eigenvalue weighted by molar-refractivity contribution is -0.140. The van der Waals surface area contributed by atoms with Crippen molar-refractivity contribution in [3.8, 4) is 0 Å². The molecular weight excluding hydrogens is 438 g/mol. The summed E-state index contributed by atoms with van der Waals surface area (Å²) < 4.78 is 0. The van der Waals surface area contributed by atoms with Gasteiger partial charge in [-0.25, -0.2) is 9.78 Å². The van der Waals surface area contributed by atoms with Gasteiger partial charge in [0.05, 0.1) is 23.4 Å². The Kier molecular flexibility index (Phi) is 7.82. The van der Waals surface area contributed by atoms with Gasteiger partial charge in [0.2, 0.25) is 18.3 Å². The van der Waals surface area contributed by atoms with Crippen LogP contribution in [0, 0.1) is 0 Å². The first-order valence-electron chi connectivity index (χ1n) is 9.33. The molecule has 0 aromatic carbocycles. The van der Waals surface area contributed by atoms with E-state index in [0.29, 0.717) is 0 Å². The van der Waals surface area contributed by atoms with Gasteiger partial charge < -0.3 is 27.0 Å². The molecule has 8 N–H and O–H groups in total. The van der Waals surface area contributed by atoms with Crippen LogP contribution >= 0.6 is 0 Å². The summed E-state index contributed by atoms with van der Waals surface area (Å²) in [5, 5.41) is 20.7. The van der Waals surface area contributed by atoms with Crippen molar-refractivity contribution in [2.45, 2.75) is 25.3 Å². The van der Waals surface area contributed by atoms with E-state index in [4.69, 9.17) is 16.6 Å². The Morgan fingerprint density at radius 3 is 2.48 bits per heavy atom. The third-order valence-electron chi connectivity index (χ3n) is 4.41. The zero-order chi connectivity index (χ0) is 24.7. The number of aromatic nitrogens is 3. The Balaban J connectivity index is 2.28. The summed E-state index contributed by atoms with van der Waals surface area (Å²) in [5.41, 5.74) is 10.5. The average Bonchev–Trinajstić information content (AvgIpc) is 2.73. The van der Waals surface area contributed by atoms with Crippen LogP contribution < -0.4 is 27.2 Å². The molecule has 174 valence electrons. The third kappa shape index (κ3) is 6.13.